The maximum absolute atomic E-state index is 13.2. The molecule has 2 atom stereocenters. The molecule has 0 aliphatic carbocycles. The van der Waals surface area contributed by atoms with Gasteiger partial charge in [0.05, 0.1) is 30.9 Å². The second-order valence-electron chi connectivity index (χ2n) is 6.96. The fraction of sp³-hybridized carbons (Fsp3) is 0.421. The van der Waals surface area contributed by atoms with E-state index in [0.717, 1.165) is 6.20 Å². The third-order valence-corrected chi connectivity index (χ3v) is 6.61. The number of hydrogen-bond acceptors (Lipinski definition) is 9. The van der Waals surface area contributed by atoms with Gasteiger partial charge in [-0.2, -0.15) is 4.39 Å². The van der Waals surface area contributed by atoms with Crippen LogP contribution >= 0.6 is 11.3 Å². The van der Waals surface area contributed by atoms with Crippen molar-refractivity contribution in [3.8, 4) is 0 Å². The van der Waals surface area contributed by atoms with Crippen LogP contribution < -0.4 is 10.0 Å². The molecule has 13 heteroatoms. The number of hydrogen-bond donors (Lipinski definition) is 2. The Balaban J connectivity index is 1.81. The highest BCUT2D eigenvalue weighted by molar-refractivity contribution is 7.89. The molecule has 32 heavy (non-hydrogen) atoms. The number of carbonyl (C=O) groups excluding carboxylic acids is 1. The van der Waals surface area contributed by atoms with Gasteiger partial charge in [0.1, 0.15) is 0 Å². The number of methoxy groups -OCH3 is 1. The Morgan fingerprint density at radius 1 is 1.41 bits per heavy atom. The third-order valence-electron chi connectivity index (χ3n) is 4.31. The van der Waals surface area contributed by atoms with Gasteiger partial charge < -0.3 is 14.3 Å². The van der Waals surface area contributed by atoms with Crippen LogP contribution in [0.3, 0.4) is 0 Å². The van der Waals surface area contributed by atoms with Crippen molar-refractivity contribution >= 4 is 38.1 Å². The molecule has 2 N–H and O–H groups in total. The maximum Gasteiger partial charge on any atom is 0.280 e. The van der Waals surface area contributed by atoms with Gasteiger partial charge in [0.25, 0.3) is 5.91 Å². The molecule has 10 nitrogen and oxygen atoms in total. The number of halogens is 1. The zero-order valence-electron chi connectivity index (χ0n) is 17.4. The predicted octanol–water partition coefficient (Wildman–Crippen LogP) is 1.74. The van der Waals surface area contributed by atoms with Crippen LogP contribution in [-0.2, 0) is 29.1 Å². The monoisotopic (exact) mass is 486 g/mol. The predicted molar refractivity (Wildman–Crippen MR) is 116 cm³/mol. The zero-order chi connectivity index (χ0) is 23.1. The Morgan fingerprint density at radius 2 is 2.16 bits per heavy atom. The number of rotatable bonds is 10. The highest BCUT2D eigenvalue weighted by atomic mass is 32.2. The van der Waals surface area contributed by atoms with Gasteiger partial charge in [0, 0.05) is 25.1 Å². The van der Waals surface area contributed by atoms with Gasteiger partial charge >= 0.3 is 0 Å². The average Bonchev–Trinajstić information content (AvgIpc) is 3.40. The van der Waals surface area contributed by atoms with Crippen molar-refractivity contribution in [3.63, 3.8) is 0 Å². The summed E-state index contributed by atoms with van der Waals surface area (Å²) in [5.41, 5.74) is 0.194. The lowest BCUT2D eigenvalue weighted by Crippen LogP contribution is -2.35. The fourth-order valence-electron chi connectivity index (χ4n) is 2.83. The molecular formula is C19H23FN4O6S2. The second-order valence-corrected chi connectivity index (χ2v) is 9.65. The molecule has 0 radical (unpaired) electrons. The first-order chi connectivity index (χ1) is 15.3. The van der Waals surface area contributed by atoms with Gasteiger partial charge in [-0.3, -0.25) is 10.1 Å². The highest BCUT2D eigenvalue weighted by Crippen LogP contribution is 2.18. The van der Waals surface area contributed by atoms with Crippen LogP contribution in [0.15, 0.2) is 40.5 Å². The van der Waals surface area contributed by atoms with Crippen LogP contribution in [0.25, 0.3) is 0 Å². The SMILES string of the molecule is COCC(C)NS(=O)(=O)c1ccc(/C(=N\O[C@@H]2CCOC2)C(=O)Nc2ncc(F)s2)cc1. The van der Waals surface area contributed by atoms with Crippen LogP contribution in [-0.4, -0.2) is 64.1 Å². The molecule has 2 aromatic rings. The standard InChI is InChI=1S/C19H23FN4O6S2/c1-12(10-28-2)24-32(26,27)15-5-3-13(4-6-15)17(23-30-14-7-8-29-11-14)18(25)22-19-21-9-16(20)31-19/h3-6,9,12,14,24H,7-8,10-11H2,1-2H3,(H,21,22,25)/b23-17+/t12?,14-/m1/s1. The summed E-state index contributed by atoms with van der Waals surface area (Å²) in [6.45, 7) is 2.77. The molecule has 0 bridgehead atoms. The van der Waals surface area contributed by atoms with Crippen molar-refractivity contribution in [2.75, 3.05) is 32.2 Å². The van der Waals surface area contributed by atoms with E-state index in [1.54, 1.807) is 6.92 Å². The van der Waals surface area contributed by atoms with E-state index < -0.39 is 27.1 Å². The Bertz CT molecular complexity index is 1050. The highest BCUT2D eigenvalue weighted by Gasteiger charge is 2.22. The first-order valence-electron chi connectivity index (χ1n) is 9.64. The van der Waals surface area contributed by atoms with Crippen molar-refractivity contribution in [3.05, 3.63) is 41.2 Å². The quantitative estimate of drug-likeness (QED) is 0.387. The molecule has 1 aromatic heterocycles. The topological polar surface area (TPSA) is 128 Å². The summed E-state index contributed by atoms with van der Waals surface area (Å²) in [6.07, 6.45) is 1.31. The third kappa shape index (κ3) is 6.53. The maximum atomic E-state index is 13.2. The first kappa shape index (κ1) is 24.2. The van der Waals surface area contributed by atoms with E-state index in [2.05, 4.69) is 20.2 Å². The summed E-state index contributed by atoms with van der Waals surface area (Å²) in [5.74, 6) is -0.680. The summed E-state index contributed by atoms with van der Waals surface area (Å²) in [6, 6.07) is 5.15. The van der Waals surface area contributed by atoms with Gasteiger partial charge in [-0.25, -0.2) is 18.1 Å². The van der Waals surface area contributed by atoms with E-state index >= 15 is 0 Å². The van der Waals surface area contributed by atoms with E-state index in [-0.39, 0.29) is 28.4 Å². The molecule has 1 aliphatic rings. The number of ether oxygens (including phenoxy) is 2. The lowest BCUT2D eigenvalue weighted by atomic mass is 10.1. The number of sulfonamides is 1. The summed E-state index contributed by atoms with van der Waals surface area (Å²) in [5, 5.41) is 5.94. The molecular weight excluding hydrogens is 463 g/mol. The number of benzene rings is 1. The fourth-order valence-corrected chi connectivity index (χ4v) is 4.59. The molecule has 174 valence electrons. The van der Waals surface area contributed by atoms with Gasteiger partial charge in [-0.05, 0) is 19.1 Å². The molecule has 2 heterocycles. The molecule has 0 spiro atoms. The normalized spacial score (nSPS) is 17.8. The van der Waals surface area contributed by atoms with E-state index in [0.29, 0.717) is 36.5 Å². The molecule has 1 saturated heterocycles. The lowest BCUT2D eigenvalue weighted by molar-refractivity contribution is -0.110. The number of carbonyl (C=O) groups is 1. The van der Waals surface area contributed by atoms with E-state index in [1.165, 1.54) is 31.4 Å². The van der Waals surface area contributed by atoms with Crippen LogP contribution in [0, 0.1) is 5.13 Å². The van der Waals surface area contributed by atoms with Crippen molar-refractivity contribution in [2.45, 2.75) is 30.4 Å². The molecule has 0 saturated carbocycles. The summed E-state index contributed by atoms with van der Waals surface area (Å²) < 4.78 is 50.9. The Morgan fingerprint density at radius 3 is 2.75 bits per heavy atom. The van der Waals surface area contributed by atoms with Gasteiger partial charge in [0.2, 0.25) is 10.0 Å². The number of thiazole rings is 1. The minimum Gasteiger partial charge on any atom is -0.389 e. The molecule has 1 aliphatic heterocycles. The number of nitrogens with zero attached hydrogens (tertiary/aromatic N) is 2. The number of oxime groups is 1. The average molecular weight is 487 g/mol. The summed E-state index contributed by atoms with van der Waals surface area (Å²) >= 11 is 0.664. The molecule has 1 aromatic carbocycles. The van der Waals surface area contributed by atoms with Crippen molar-refractivity contribution < 1.29 is 31.9 Å². The van der Waals surface area contributed by atoms with Crippen LogP contribution in [0.1, 0.15) is 18.9 Å². The van der Waals surface area contributed by atoms with E-state index in [1.807, 2.05) is 0 Å². The molecule has 1 unspecified atom stereocenters. The van der Waals surface area contributed by atoms with E-state index in [9.17, 15) is 17.6 Å². The molecule has 1 amide bonds. The van der Waals surface area contributed by atoms with E-state index in [4.69, 9.17) is 14.3 Å². The Labute approximate surface area is 188 Å². The number of nitrogens with one attached hydrogen (secondary N) is 2. The molecule has 3 rings (SSSR count). The Kier molecular flexibility index (Phi) is 8.26. The minimum absolute atomic E-state index is 0.0102. The van der Waals surface area contributed by atoms with Crippen molar-refractivity contribution in [1.29, 1.82) is 0 Å². The minimum atomic E-state index is -3.78. The largest absolute Gasteiger partial charge is 0.389 e. The van der Waals surface area contributed by atoms with Gasteiger partial charge in [0.15, 0.2) is 22.1 Å². The number of anilines is 1. The van der Waals surface area contributed by atoms with Crippen molar-refractivity contribution in [1.82, 2.24) is 9.71 Å². The molecule has 1 fully saturated rings. The number of amides is 1. The van der Waals surface area contributed by atoms with Crippen LogP contribution in [0.4, 0.5) is 9.52 Å². The smallest absolute Gasteiger partial charge is 0.280 e. The van der Waals surface area contributed by atoms with Crippen molar-refractivity contribution in [2.24, 2.45) is 5.16 Å². The van der Waals surface area contributed by atoms with Gasteiger partial charge in [-0.15, -0.1) is 0 Å². The van der Waals surface area contributed by atoms with Crippen LogP contribution in [0.5, 0.6) is 0 Å². The lowest BCUT2D eigenvalue weighted by Gasteiger charge is -2.14. The summed E-state index contributed by atoms with van der Waals surface area (Å²) in [7, 11) is -2.31. The van der Waals surface area contributed by atoms with Crippen LogP contribution in [0.2, 0.25) is 0 Å². The van der Waals surface area contributed by atoms with Gasteiger partial charge in [-0.1, -0.05) is 28.6 Å². The summed E-state index contributed by atoms with van der Waals surface area (Å²) in [4.78, 5) is 22.0. The zero-order valence-corrected chi connectivity index (χ0v) is 19.0. The first-order valence-corrected chi connectivity index (χ1v) is 11.9. The number of aromatic nitrogens is 1. The second kappa shape index (κ2) is 10.9. The Hall–Kier alpha value is -2.45.